The van der Waals surface area contributed by atoms with Crippen LogP contribution in [-0.4, -0.2) is 29.1 Å². The van der Waals surface area contributed by atoms with Gasteiger partial charge < -0.3 is 5.32 Å². The van der Waals surface area contributed by atoms with E-state index in [0.29, 0.717) is 5.82 Å². The standard InChI is InChI=1S/C13H15N5O3S/c1-18-12(9-3-2-4-10(9)17-18)16-13(19)8-5-6-11(15-7-8)22(14,20)21/h5-7H,2-4H2,1H3,(H,16,19)(H2,14,20,21). The smallest absolute Gasteiger partial charge is 0.258 e. The quantitative estimate of drug-likeness (QED) is 0.837. The van der Waals surface area contributed by atoms with Crippen molar-refractivity contribution in [3.05, 3.63) is 35.2 Å². The number of anilines is 1. The molecular formula is C13H15N5O3S. The number of hydrogen-bond acceptors (Lipinski definition) is 5. The molecule has 116 valence electrons. The molecule has 2 aromatic heterocycles. The van der Waals surface area contributed by atoms with Crippen LogP contribution in [0.25, 0.3) is 0 Å². The zero-order valence-electron chi connectivity index (χ0n) is 11.9. The summed E-state index contributed by atoms with van der Waals surface area (Å²) < 4.78 is 23.9. The molecule has 0 unspecified atom stereocenters. The second-order valence-corrected chi connectivity index (χ2v) is 6.64. The van der Waals surface area contributed by atoms with Gasteiger partial charge in [-0.3, -0.25) is 9.48 Å². The van der Waals surface area contributed by atoms with E-state index in [2.05, 4.69) is 15.4 Å². The molecule has 8 nitrogen and oxygen atoms in total. The largest absolute Gasteiger partial charge is 0.306 e. The van der Waals surface area contributed by atoms with E-state index < -0.39 is 10.0 Å². The number of fused-ring (bicyclic) bond motifs is 1. The fourth-order valence-corrected chi connectivity index (χ4v) is 3.00. The first-order chi connectivity index (χ1) is 10.4. The normalized spacial score (nSPS) is 13.9. The lowest BCUT2D eigenvalue weighted by molar-refractivity contribution is 0.102. The molecule has 3 N–H and O–H groups in total. The third-order valence-corrected chi connectivity index (χ3v) is 4.42. The third-order valence-electron chi connectivity index (χ3n) is 3.59. The van der Waals surface area contributed by atoms with Crippen LogP contribution in [0.15, 0.2) is 23.4 Å². The third kappa shape index (κ3) is 2.60. The summed E-state index contributed by atoms with van der Waals surface area (Å²) >= 11 is 0. The summed E-state index contributed by atoms with van der Waals surface area (Å²) in [6, 6.07) is 2.58. The highest BCUT2D eigenvalue weighted by Crippen LogP contribution is 2.28. The van der Waals surface area contributed by atoms with Crippen molar-refractivity contribution in [1.29, 1.82) is 0 Å². The van der Waals surface area contributed by atoms with Gasteiger partial charge in [-0.25, -0.2) is 18.5 Å². The molecule has 1 aliphatic rings. The maximum absolute atomic E-state index is 12.3. The summed E-state index contributed by atoms with van der Waals surface area (Å²) in [6.07, 6.45) is 4.03. The van der Waals surface area contributed by atoms with Gasteiger partial charge in [-0.05, 0) is 31.4 Å². The zero-order chi connectivity index (χ0) is 15.9. The molecule has 3 rings (SSSR count). The number of aryl methyl sites for hydroxylation is 2. The van der Waals surface area contributed by atoms with Gasteiger partial charge >= 0.3 is 0 Å². The molecule has 1 aliphatic carbocycles. The monoisotopic (exact) mass is 321 g/mol. The molecule has 2 aromatic rings. The zero-order valence-corrected chi connectivity index (χ0v) is 12.7. The van der Waals surface area contributed by atoms with Crippen LogP contribution in [0.3, 0.4) is 0 Å². The summed E-state index contributed by atoms with van der Waals surface area (Å²) in [7, 11) is -2.09. The Bertz CT molecular complexity index is 839. The molecule has 1 amide bonds. The lowest BCUT2D eigenvalue weighted by Gasteiger charge is -2.07. The number of carbonyl (C=O) groups is 1. The van der Waals surface area contributed by atoms with E-state index in [1.54, 1.807) is 11.7 Å². The predicted octanol–water partition coefficient (Wildman–Crippen LogP) is 0.204. The molecule has 0 saturated heterocycles. The number of aromatic nitrogens is 3. The van der Waals surface area contributed by atoms with Crippen LogP contribution in [0.5, 0.6) is 0 Å². The van der Waals surface area contributed by atoms with Crippen LogP contribution in [0.4, 0.5) is 5.82 Å². The van der Waals surface area contributed by atoms with Crippen LogP contribution in [0.2, 0.25) is 0 Å². The average molecular weight is 321 g/mol. The maximum atomic E-state index is 12.3. The van der Waals surface area contributed by atoms with Crippen molar-refractivity contribution in [3.8, 4) is 0 Å². The van der Waals surface area contributed by atoms with Gasteiger partial charge in [-0.1, -0.05) is 0 Å². The number of amides is 1. The molecule has 0 saturated carbocycles. The highest BCUT2D eigenvalue weighted by atomic mass is 32.2. The number of nitrogens with zero attached hydrogens (tertiary/aromatic N) is 3. The first kappa shape index (κ1) is 14.7. The van der Waals surface area contributed by atoms with Crippen molar-refractivity contribution in [1.82, 2.24) is 14.8 Å². The summed E-state index contributed by atoms with van der Waals surface area (Å²) in [5, 5.41) is 11.9. The predicted molar refractivity (Wildman–Crippen MR) is 78.8 cm³/mol. The van der Waals surface area contributed by atoms with Crippen molar-refractivity contribution in [2.24, 2.45) is 12.2 Å². The molecule has 0 bridgehead atoms. The Morgan fingerprint density at radius 3 is 2.77 bits per heavy atom. The van der Waals surface area contributed by atoms with E-state index in [-0.39, 0.29) is 16.5 Å². The number of nitrogens with one attached hydrogen (secondary N) is 1. The van der Waals surface area contributed by atoms with Gasteiger partial charge in [-0.15, -0.1) is 0 Å². The topological polar surface area (TPSA) is 120 Å². The Balaban J connectivity index is 1.84. The van der Waals surface area contributed by atoms with Crippen molar-refractivity contribution in [3.63, 3.8) is 0 Å². The van der Waals surface area contributed by atoms with E-state index in [4.69, 9.17) is 5.14 Å². The molecule has 9 heteroatoms. The first-order valence-corrected chi connectivity index (χ1v) is 8.26. The molecule has 2 heterocycles. The van der Waals surface area contributed by atoms with Gasteiger partial charge in [0.05, 0.1) is 11.3 Å². The van der Waals surface area contributed by atoms with Gasteiger partial charge in [0.1, 0.15) is 5.82 Å². The van der Waals surface area contributed by atoms with Gasteiger partial charge in [-0.2, -0.15) is 5.10 Å². The van der Waals surface area contributed by atoms with E-state index >= 15 is 0 Å². The van der Waals surface area contributed by atoms with Crippen LogP contribution in [0.1, 0.15) is 28.0 Å². The molecule has 0 aromatic carbocycles. The summed E-state index contributed by atoms with van der Waals surface area (Å²) in [5.74, 6) is 0.305. The minimum Gasteiger partial charge on any atom is -0.306 e. The van der Waals surface area contributed by atoms with Gasteiger partial charge in [0, 0.05) is 18.8 Å². The van der Waals surface area contributed by atoms with Crippen molar-refractivity contribution >= 4 is 21.7 Å². The molecule has 0 aliphatic heterocycles. The lowest BCUT2D eigenvalue weighted by atomic mass is 10.2. The Kier molecular flexibility index (Phi) is 3.45. The van der Waals surface area contributed by atoms with Crippen LogP contribution < -0.4 is 10.5 Å². The molecule has 0 fully saturated rings. The molecule has 0 atom stereocenters. The highest BCUT2D eigenvalue weighted by molar-refractivity contribution is 7.89. The molecule has 0 radical (unpaired) electrons. The number of carbonyl (C=O) groups excluding carboxylic acids is 1. The van der Waals surface area contributed by atoms with E-state index in [9.17, 15) is 13.2 Å². The Hall–Kier alpha value is -2.26. The van der Waals surface area contributed by atoms with Crippen LogP contribution in [-0.2, 0) is 29.9 Å². The fraction of sp³-hybridized carbons (Fsp3) is 0.308. The summed E-state index contributed by atoms with van der Waals surface area (Å²) in [5.41, 5.74) is 2.32. The second-order valence-electron chi connectivity index (χ2n) is 5.14. The van der Waals surface area contributed by atoms with Gasteiger partial charge in [0.2, 0.25) is 0 Å². The summed E-state index contributed by atoms with van der Waals surface area (Å²) in [6.45, 7) is 0. The number of pyridine rings is 1. The van der Waals surface area contributed by atoms with E-state index in [1.807, 2.05) is 0 Å². The first-order valence-electron chi connectivity index (χ1n) is 6.71. The average Bonchev–Trinajstić information content (AvgIpc) is 3.01. The fourth-order valence-electron chi connectivity index (χ4n) is 2.54. The SMILES string of the molecule is Cn1nc2c(c1NC(=O)c1ccc(S(N)(=O)=O)nc1)CCC2. The molecular weight excluding hydrogens is 306 g/mol. The Labute approximate surface area is 127 Å². The molecule has 0 spiro atoms. The van der Waals surface area contributed by atoms with Crippen LogP contribution >= 0.6 is 0 Å². The minimum absolute atomic E-state index is 0.250. The van der Waals surface area contributed by atoms with Gasteiger partial charge in [0.15, 0.2) is 5.03 Å². The summed E-state index contributed by atoms with van der Waals surface area (Å²) in [4.78, 5) is 16.0. The molecule has 22 heavy (non-hydrogen) atoms. The second kappa shape index (κ2) is 5.18. The van der Waals surface area contributed by atoms with Gasteiger partial charge in [0.25, 0.3) is 15.9 Å². The highest BCUT2D eigenvalue weighted by Gasteiger charge is 2.22. The number of hydrogen-bond donors (Lipinski definition) is 2. The van der Waals surface area contributed by atoms with Crippen molar-refractivity contribution in [2.45, 2.75) is 24.3 Å². The minimum atomic E-state index is -3.87. The number of sulfonamides is 1. The Morgan fingerprint density at radius 2 is 2.14 bits per heavy atom. The van der Waals surface area contributed by atoms with Crippen molar-refractivity contribution < 1.29 is 13.2 Å². The van der Waals surface area contributed by atoms with Crippen LogP contribution in [0, 0.1) is 0 Å². The maximum Gasteiger partial charge on any atom is 0.258 e. The Morgan fingerprint density at radius 1 is 1.36 bits per heavy atom. The van der Waals surface area contributed by atoms with E-state index in [1.165, 1.54) is 18.3 Å². The number of nitrogens with two attached hydrogens (primary N) is 1. The number of primary sulfonamides is 1. The number of rotatable bonds is 3. The lowest BCUT2D eigenvalue weighted by Crippen LogP contribution is -2.17. The van der Waals surface area contributed by atoms with Crippen molar-refractivity contribution in [2.75, 3.05) is 5.32 Å². The van der Waals surface area contributed by atoms with E-state index in [0.717, 1.165) is 30.5 Å².